The number of nitrogens with one attached hydrogen (secondary N) is 2. The number of hydrogen-bond acceptors (Lipinski definition) is 6. The van der Waals surface area contributed by atoms with E-state index in [1.165, 1.54) is 19.4 Å². The van der Waals surface area contributed by atoms with Gasteiger partial charge in [0.1, 0.15) is 17.0 Å². The lowest BCUT2D eigenvalue weighted by Gasteiger charge is -2.13. The van der Waals surface area contributed by atoms with E-state index in [0.717, 1.165) is 33.2 Å². The summed E-state index contributed by atoms with van der Waals surface area (Å²) in [6, 6.07) is 23.6. The molecular formula is C34H30ClN3O5. The van der Waals surface area contributed by atoms with Gasteiger partial charge in [-0.1, -0.05) is 53.6 Å². The molecule has 0 saturated carbocycles. The minimum Gasteiger partial charge on any atom is -0.496 e. The Morgan fingerprint density at radius 3 is 2.47 bits per heavy atom. The first-order valence-electron chi connectivity index (χ1n) is 13.6. The smallest absolute Gasteiger partial charge is 0.347 e. The molecule has 218 valence electrons. The summed E-state index contributed by atoms with van der Waals surface area (Å²) in [5.74, 6) is -0.143. The number of hydrazone groups is 1. The number of fused-ring (bicyclic) bond motifs is 1. The fraction of sp³-hybridized carbons (Fsp3) is 0.147. The third kappa shape index (κ3) is 6.39. The van der Waals surface area contributed by atoms with E-state index < -0.39 is 5.97 Å². The van der Waals surface area contributed by atoms with Gasteiger partial charge in [0.25, 0.3) is 5.91 Å². The molecular weight excluding hydrogens is 566 g/mol. The summed E-state index contributed by atoms with van der Waals surface area (Å²) in [4.78, 5) is 29.6. The highest BCUT2D eigenvalue weighted by Gasteiger charge is 2.21. The molecule has 9 heteroatoms. The number of rotatable bonds is 9. The van der Waals surface area contributed by atoms with Crippen LogP contribution in [0.3, 0.4) is 0 Å². The number of benzene rings is 4. The van der Waals surface area contributed by atoms with Gasteiger partial charge in [-0.15, -0.1) is 0 Å². The molecule has 5 aromatic rings. The van der Waals surface area contributed by atoms with Crippen LogP contribution in [0.2, 0.25) is 5.02 Å². The largest absolute Gasteiger partial charge is 0.496 e. The first-order valence-corrected chi connectivity index (χ1v) is 14.0. The summed E-state index contributed by atoms with van der Waals surface area (Å²) >= 11 is 6.07. The van der Waals surface area contributed by atoms with E-state index in [0.29, 0.717) is 34.4 Å². The standard InChI is InChI=1S/C34H30ClN3O5/c1-5-42-29-17-22(11-13-28(29)43-34(40)25-18-24(35)12-14-27(25)41-4)19-36-38-33(39)32-30(23-9-7-6-8-10-23)26-16-20(2)15-21(3)31(26)37-32/h6-19,37H,5H2,1-4H3,(H,38,39). The molecule has 0 radical (unpaired) electrons. The fourth-order valence-corrected chi connectivity index (χ4v) is 5.07. The third-order valence-electron chi connectivity index (χ3n) is 6.77. The predicted molar refractivity (Wildman–Crippen MR) is 169 cm³/mol. The first kappa shape index (κ1) is 29.4. The second kappa shape index (κ2) is 12.8. The van der Waals surface area contributed by atoms with Crippen molar-refractivity contribution in [1.82, 2.24) is 10.4 Å². The number of aryl methyl sites for hydroxylation is 2. The number of aromatic amines is 1. The van der Waals surface area contributed by atoms with Gasteiger partial charge in [-0.05, 0) is 79.9 Å². The van der Waals surface area contributed by atoms with Crippen LogP contribution in [0.4, 0.5) is 0 Å². The number of hydrogen-bond donors (Lipinski definition) is 2. The minimum atomic E-state index is -0.646. The maximum absolute atomic E-state index is 13.4. The zero-order chi connectivity index (χ0) is 30.5. The van der Waals surface area contributed by atoms with Gasteiger partial charge in [-0.25, -0.2) is 10.2 Å². The molecule has 0 spiro atoms. The Bertz CT molecular complexity index is 1850. The van der Waals surface area contributed by atoms with E-state index in [4.69, 9.17) is 25.8 Å². The number of amides is 1. The van der Waals surface area contributed by atoms with E-state index in [2.05, 4.69) is 27.6 Å². The van der Waals surface area contributed by atoms with Crippen molar-refractivity contribution in [2.45, 2.75) is 20.8 Å². The summed E-state index contributed by atoms with van der Waals surface area (Å²) in [7, 11) is 1.46. The van der Waals surface area contributed by atoms with Crippen molar-refractivity contribution in [3.05, 3.63) is 112 Å². The second-order valence-corrected chi connectivity index (χ2v) is 10.3. The molecule has 2 N–H and O–H groups in total. The zero-order valence-corrected chi connectivity index (χ0v) is 24.9. The SMILES string of the molecule is CCOc1cc(C=NNC(=O)c2[nH]c3c(C)cc(C)cc3c2-c2ccccc2)ccc1OC(=O)c1cc(Cl)ccc1OC. The van der Waals surface area contributed by atoms with Gasteiger partial charge in [0.05, 0.1) is 19.9 Å². The predicted octanol–water partition coefficient (Wildman–Crippen LogP) is 7.50. The lowest BCUT2D eigenvalue weighted by molar-refractivity contribution is 0.0724. The van der Waals surface area contributed by atoms with Gasteiger partial charge in [0.15, 0.2) is 11.5 Å². The molecule has 43 heavy (non-hydrogen) atoms. The van der Waals surface area contributed by atoms with Crippen molar-refractivity contribution in [2.24, 2.45) is 5.10 Å². The average Bonchev–Trinajstić information content (AvgIpc) is 3.39. The molecule has 1 aromatic heterocycles. The zero-order valence-electron chi connectivity index (χ0n) is 24.2. The third-order valence-corrected chi connectivity index (χ3v) is 7.01. The molecule has 0 bridgehead atoms. The number of carbonyl (C=O) groups excluding carboxylic acids is 2. The van der Waals surface area contributed by atoms with Crippen molar-refractivity contribution in [2.75, 3.05) is 13.7 Å². The highest BCUT2D eigenvalue weighted by atomic mass is 35.5. The van der Waals surface area contributed by atoms with Crippen LogP contribution < -0.4 is 19.6 Å². The number of esters is 1. The van der Waals surface area contributed by atoms with E-state index in [1.807, 2.05) is 51.1 Å². The Morgan fingerprint density at radius 2 is 1.72 bits per heavy atom. The van der Waals surface area contributed by atoms with Gasteiger partial charge < -0.3 is 19.2 Å². The molecule has 1 amide bonds. The number of H-pyrrole nitrogens is 1. The second-order valence-electron chi connectivity index (χ2n) is 9.82. The number of methoxy groups -OCH3 is 1. The maximum atomic E-state index is 13.4. The van der Waals surface area contributed by atoms with Crippen LogP contribution in [0.5, 0.6) is 17.2 Å². The summed E-state index contributed by atoms with van der Waals surface area (Å²) in [6.45, 7) is 6.21. The molecule has 5 rings (SSSR count). The van der Waals surface area contributed by atoms with E-state index in [9.17, 15) is 9.59 Å². The van der Waals surface area contributed by atoms with Crippen molar-refractivity contribution in [3.8, 4) is 28.4 Å². The van der Waals surface area contributed by atoms with Crippen LogP contribution in [0.15, 0.2) is 84.0 Å². The molecule has 0 aliphatic carbocycles. The molecule has 0 aliphatic rings. The highest BCUT2D eigenvalue weighted by Crippen LogP contribution is 2.35. The number of nitrogens with zero attached hydrogens (tertiary/aromatic N) is 1. The van der Waals surface area contributed by atoms with Crippen molar-refractivity contribution < 1.29 is 23.8 Å². The summed E-state index contributed by atoms with van der Waals surface area (Å²) in [5.41, 5.74) is 8.66. The Labute approximate surface area is 254 Å². The first-order chi connectivity index (χ1) is 20.8. The Kier molecular flexibility index (Phi) is 8.78. The van der Waals surface area contributed by atoms with Crippen LogP contribution in [-0.2, 0) is 0 Å². The van der Waals surface area contributed by atoms with E-state index in [-0.39, 0.29) is 17.2 Å². The van der Waals surface area contributed by atoms with Crippen molar-refractivity contribution in [3.63, 3.8) is 0 Å². The molecule has 0 aliphatic heterocycles. The van der Waals surface area contributed by atoms with Crippen LogP contribution in [-0.4, -0.2) is 36.8 Å². The molecule has 0 fully saturated rings. The van der Waals surface area contributed by atoms with Crippen LogP contribution in [0.25, 0.3) is 22.0 Å². The number of carbonyl (C=O) groups is 2. The fourth-order valence-electron chi connectivity index (χ4n) is 4.90. The summed E-state index contributed by atoms with van der Waals surface area (Å²) in [5, 5.41) is 5.54. The molecule has 1 heterocycles. The number of ether oxygens (including phenoxy) is 3. The summed E-state index contributed by atoms with van der Waals surface area (Å²) in [6.07, 6.45) is 1.49. The Balaban J connectivity index is 1.38. The van der Waals surface area contributed by atoms with Gasteiger partial charge in [-0.2, -0.15) is 5.10 Å². The average molecular weight is 596 g/mol. The van der Waals surface area contributed by atoms with Crippen molar-refractivity contribution in [1.29, 1.82) is 0 Å². The quantitative estimate of drug-likeness (QED) is 0.0795. The van der Waals surface area contributed by atoms with Crippen LogP contribution in [0, 0.1) is 13.8 Å². The van der Waals surface area contributed by atoms with E-state index in [1.54, 1.807) is 30.3 Å². The molecule has 0 saturated heterocycles. The number of aromatic nitrogens is 1. The lowest BCUT2D eigenvalue weighted by atomic mass is 9.99. The van der Waals surface area contributed by atoms with Gasteiger partial charge in [0, 0.05) is 21.5 Å². The highest BCUT2D eigenvalue weighted by molar-refractivity contribution is 6.31. The molecule has 8 nitrogen and oxygen atoms in total. The normalized spacial score (nSPS) is 11.1. The Morgan fingerprint density at radius 1 is 0.953 bits per heavy atom. The monoisotopic (exact) mass is 595 g/mol. The Hall–Kier alpha value is -5.08. The maximum Gasteiger partial charge on any atom is 0.347 e. The van der Waals surface area contributed by atoms with E-state index >= 15 is 0 Å². The van der Waals surface area contributed by atoms with Crippen LogP contribution in [0.1, 0.15) is 44.5 Å². The van der Waals surface area contributed by atoms with Gasteiger partial charge in [0.2, 0.25) is 0 Å². The molecule has 4 aromatic carbocycles. The molecule has 0 unspecified atom stereocenters. The van der Waals surface area contributed by atoms with Gasteiger partial charge in [-0.3, -0.25) is 4.79 Å². The van der Waals surface area contributed by atoms with Crippen LogP contribution >= 0.6 is 11.6 Å². The van der Waals surface area contributed by atoms with Crippen molar-refractivity contribution >= 4 is 40.6 Å². The van der Waals surface area contributed by atoms with Gasteiger partial charge >= 0.3 is 5.97 Å². The summed E-state index contributed by atoms with van der Waals surface area (Å²) < 4.78 is 16.6. The topological polar surface area (TPSA) is 102 Å². The number of halogens is 1. The lowest BCUT2D eigenvalue weighted by Crippen LogP contribution is -2.19. The molecule has 0 atom stereocenters. The minimum absolute atomic E-state index is 0.183.